The Labute approximate surface area is 201 Å². The number of hydrogen-bond donors (Lipinski definition) is 0. The second kappa shape index (κ2) is 10.1. The third kappa shape index (κ3) is 5.62. The van der Waals surface area contributed by atoms with Gasteiger partial charge in [0, 0.05) is 22.4 Å². The summed E-state index contributed by atoms with van der Waals surface area (Å²) in [6.45, 7) is 0.551. The highest BCUT2D eigenvalue weighted by atomic mass is 35.5. The summed E-state index contributed by atoms with van der Waals surface area (Å²) in [6, 6.07) is 20.8. The van der Waals surface area contributed by atoms with Gasteiger partial charge in [-0.3, -0.25) is 0 Å². The van der Waals surface area contributed by atoms with Crippen molar-refractivity contribution in [1.82, 2.24) is 9.55 Å². The van der Waals surface area contributed by atoms with E-state index >= 15 is 0 Å². The largest absolute Gasteiger partial charge is 0.359 e. The third-order valence-corrected chi connectivity index (χ3v) is 6.14. The highest BCUT2D eigenvalue weighted by Gasteiger charge is 2.23. The highest BCUT2D eigenvalue weighted by molar-refractivity contribution is 6.42. The third-order valence-electron chi connectivity index (χ3n) is 4.90. The molecule has 0 N–H and O–H groups in total. The molecule has 4 rings (SSSR count). The van der Waals surface area contributed by atoms with Crippen molar-refractivity contribution in [3.8, 4) is 0 Å². The SMILES string of the molecule is Clc1ccc(C(O[C@H](Cn2ccnc2)c2ccc(Cl)c(Cl)c2)c2ccc(Cl)cc2)cc1. The summed E-state index contributed by atoms with van der Waals surface area (Å²) < 4.78 is 8.69. The molecule has 0 radical (unpaired) electrons. The maximum Gasteiger partial charge on any atom is 0.108 e. The zero-order valence-electron chi connectivity index (χ0n) is 16.3. The first-order chi connectivity index (χ1) is 15.0. The standard InChI is InChI=1S/C24H18Cl4N2O/c25-19-6-1-16(2-7-19)24(17-3-8-20(26)9-4-17)31-23(14-30-12-11-29-15-30)18-5-10-21(27)22(28)13-18/h1-13,15,23-24H,14H2/t23-/m1/s1. The summed E-state index contributed by atoms with van der Waals surface area (Å²) in [4.78, 5) is 4.15. The lowest BCUT2D eigenvalue weighted by atomic mass is 10.0. The van der Waals surface area contributed by atoms with Gasteiger partial charge in [0.2, 0.25) is 0 Å². The highest BCUT2D eigenvalue weighted by Crippen LogP contribution is 2.36. The van der Waals surface area contributed by atoms with E-state index < -0.39 is 0 Å². The van der Waals surface area contributed by atoms with Crippen LogP contribution in [0, 0.1) is 0 Å². The maximum atomic E-state index is 6.72. The fourth-order valence-corrected chi connectivity index (χ4v) is 3.87. The normalized spacial score (nSPS) is 12.3. The van der Waals surface area contributed by atoms with Crippen LogP contribution in [0.25, 0.3) is 0 Å². The number of hydrogen-bond acceptors (Lipinski definition) is 2. The molecule has 1 aromatic heterocycles. The molecule has 0 unspecified atom stereocenters. The van der Waals surface area contributed by atoms with Crippen LogP contribution in [0.3, 0.4) is 0 Å². The fraction of sp³-hybridized carbons (Fsp3) is 0.125. The average molecular weight is 492 g/mol. The fourth-order valence-electron chi connectivity index (χ4n) is 3.31. The van der Waals surface area contributed by atoms with Gasteiger partial charge in [-0.05, 0) is 53.1 Å². The van der Waals surface area contributed by atoms with E-state index in [0.717, 1.165) is 16.7 Å². The zero-order valence-corrected chi connectivity index (χ0v) is 19.3. The Morgan fingerprint density at radius 1 is 0.742 bits per heavy atom. The van der Waals surface area contributed by atoms with E-state index in [1.165, 1.54) is 0 Å². The number of nitrogens with zero attached hydrogens (tertiary/aromatic N) is 2. The molecule has 0 bridgehead atoms. The van der Waals surface area contributed by atoms with Gasteiger partial charge in [-0.15, -0.1) is 0 Å². The van der Waals surface area contributed by atoms with Gasteiger partial charge in [-0.2, -0.15) is 0 Å². The van der Waals surface area contributed by atoms with E-state index in [9.17, 15) is 0 Å². The van der Waals surface area contributed by atoms with Crippen molar-refractivity contribution in [1.29, 1.82) is 0 Å². The van der Waals surface area contributed by atoms with Crippen LogP contribution in [0.1, 0.15) is 28.9 Å². The Hall–Kier alpha value is -2.01. The molecule has 0 fully saturated rings. The smallest absolute Gasteiger partial charge is 0.108 e. The van der Waals surface area contributed by atoms with E-state index in [2.05, 4.69) is 4.98 Å². The molecule has 4 aromatic rings. The van der Waals surface area contributed by atoms with Crippen molar-refractivity contribution < 1.29 is 4.74 Å². The molecule has 0 aliphatic carbocycles. The minimum atomic E-state index is -0.350. The predicted octanol–water partition coefficient (Wildman–Crippen LogP) is 8.04. The van der Waals surface area contributed by atoms with Gasteiger partial charge in [0.1, 0.15) is 12.2 Å². The summed E-state index contributed by atoms with van der Waals surface area (Å²) in [5.74, 6) is 0. The number of benzene rings is 3. The van der Waals surface area contributed by atoms with Gasteiger partial charge < -0.3 is 9.30 Å². The molecule has 3 nitrogen and oxygen atoms in total. The van der Waals surface area contributed by atoms with Crippen LogP contribution in [0.5, 0.6) is 0 Å². The van der Waals surface area contributed by atoms with Crippen LogP contribution in [0.2, 0.25) is 20.1 Å². The van der Waals surface area contributed by atoms with Crippen molar-refractivity contribution in [3.63, 3.8) is 0 Å². The van der Waals surface area contributed by atoms with Gasteiger partial charge in [-0.25, -0.2) is 4.98 Å². The second-order valence-electron chi connectivity index (χ2n) is 7.04. The van der Waals surface area contributed by atoms with Crippen LogP contribution in [0.15, 0.2) is 85.5 Å². The lowest BCUT2D eigenvalue weighted by Gasteiger charge is -2.27. The molecule has 7 heteroatoms. The van der Waals surface area contributed by atoms with Gasteiger partial charge in [0.15, 0.2) is 0 Å². The molecule has 0 saturated carbocycles. The zero-order chi connectivity index (χ0) is 21.8. The van der Waals surface area contributed by atoms with Gasteiger partial charge in [0.25, 0.3) is 0 Å². The van der Waals surface area contributed by atoms with Crippen LogP contribution < -0.4 is 0 Å². The summed E-state index contributed by atoms with van der Waals surface area (Å²) in [5.41, 5.74) is 2.86. The maximum absolute atomic E-state index is 6.72. The van der Waals surface area contributed by atoms with Gasteiger partial charge in [0.05, 0.1) is 22.9 Å². The first kappa shape index (κ1) is 22.2. The van der Waals surface area contributed by atoms with Crippen LogP contribution in [-0.2, 0) is 11.3 Å². The summed E-state index contributed by atoms with van der Waals surface area (Å²) >= 11 is 24.7. The quantitative estimate of drug-likeness (QED) is 0.261. The Balaban J connectivity index is 1.74. The Bertz CT molecular complexity index is 1080. The van der Waals surface area contributed by atoms with Crippen LogP contribution >= 0.6 is 46.4 Å². The van der Waals surface area contributed by atoms with E-state index in [-0.39, 0.29) is 12.2 Å². The molecule has 3 aromatic carbocycles. The molecule has 31 heavy (non-hydrogen) atoms. The summed E-state index contributed by atoms with van der Waals surface area (Å²) in [5, 5.41) is 2.31. The first-order valence-corrected chi connectivity index (χ1v) is 11.1. The van der Waals surface area contributed by atoms with Crippen molar-refractivity contribution in [2.24, 2.45) is 0 Å². The molecule has 0 aliphatic rings. The van der Waals surface area contributed by atoms with Gasteiger partial charge in [-0.1, -0.05) is 76.7 Å². The van der Waals surface area contributed by atoms with E-state index in [1.54, 1.807) is 18.6 Å². The van der Waals surface area contributed by atoms with Crippen molar-refractivity contribution >= 4 is 46.4 Å². The molecule has 0 spiro atoms. The lowest BCUT2D eigenvalue weighted by molar-refractivity contribution is -0.00323. The molecule has 0 aliphatic heterocycles. The van der Waals surface area contributed by atoms with Crippen molar-refractivity contribution in [2.75, 3.05) is 0 Å². The Morgan fingerprint density at radius 2 is 1.32 bits per heavy atom. The minimum Gasteiger partial charge on any atom is -0.359 e. The first-order valence-electron chi connectivity index (χ1n) is 9.56. The van der Waals surface area contributed by atoms with E-state index in [0.29, 0.717) is 26.6 Å². The summed E-state index contributed by atoms with van der Waals surface area (Å²) in [7, 11) is 0. The second-order valence-corrected chi connectivity index (χ2v) is 8.73. The number of rotatable bonds is 7. The van der Waals surface area contributed by atoms with E-state index in [1.807, 2.05) is 71.4 Å². The molecule has 1 atom stereocenters. The molecular weight excluding hydrogens is 474 g/mol. The number of ether oxygens (including phenoxy) is 1. The Kier molecular flexibility index (Phi) is 7.21. The average Bonchev–Trinajstić information content (AvgIpc) is 3.28. The molecule has 1 heterocycles. The van der Waals surface area contributed by atoms with Crippen molar-refractivity contribution in [3.05, 3.63) is 122 Å². The van der Waals surface area contributed by atoms with Crippen molar-refractivity contribution in [2.45, 2.75) is 18.8 Å². The van der Waals surface area contributed by atoms with E-state index in [4.69, 9.17) is 51.1 Å². The summed E-state index contributed by atoms with van der Waals surface area (Å²) in [6.07, 6.45) is 4.72. The molecule has 0 amide bonds. The lowest BCUT2D eigenvalue weighted by Crippen LogP contribution is -2.16. The molecular formula is C24H18Cl4N2O. The monoisotopic (exact) mass is 490 g/mol. The number of aromatic nitrogens is 2. The molecule has 0 saturated heterocycles. The predicted molar refractivity (Wildman–Crippen MR) is 127 cm³/mol. The molecule has 158 valence electrons. The Morgan fingerprint density at radius 3 is 1.84 bits per heavy atom. The van der Waals surface area contributed by atoms with Crippen LogP contribution in [0.4, 0.5) is 0 Å². The van der Waals surface area contributed by atoms with Gasteiger partial charge >= 0.3 is 0 Å². The number of halogens is 4. The van der Waals surface area contributed by atoms with Crippen LogP contribution in [-0.4, -0.2) is 9.55 Å². The minimum absolute atomic E-state index is 0.319. The number of imidazole rings is 1. The topological polar surface area (TPSA) is 27.1 Å².